The van der Waals surface area contributed by atoms with Crippen molar-refractivity contribution in [1.29, 1.82) is 0 Å². The van der Waals surface area contributed by atoms with E-state index in [9.17, 15) is 0 Å². The fourth-order valence-corrected chi connectivity index (χ4v) is 3.16. The maximum Gasteiger partial charge on any atom is 0.0701 e. The van der Waals surface area contributed by atoms with Crippen LogP contribution in [0.3, 0.4) is 0 Å². The summed E-state index contributed by atoms with van der Waals surface area (Å²) in [4.78, 5) is 3.85. The van der Waals surface area contributed by atoms with E-state index < -0.39 is 0 Å². The Morgan fingerprint density at radius 1 is 1.42 bits per heavy atom. The molecule has 0 bridgehead atoms. The van der Waals surface area contributed by atoms with Crippen LogP contribution in [0.2, 0.25) is 0 Å². The molecule has 1 aliphatic heterocycles. The molecule has 0 aliphatic carbocycles. The molecule has 0 aromatic carbocycles. The van der Waals surface area contributed by atoms with E-state index >= 15 is 0 Å². The predicted octanol–water partition coefficient (Wildman–Crippen LogP) is 2.38. The van der Waals surface area contributed by atoms with Crippen molar-refractivity contribution in [2.75, 3.05) is 39.8 Å². The number of thiophene rings is 1. The predicted molar refractivity (Wildman–Crippen MR) is 82.0 cm³/mol. The van der Waals surface area contributed by atoms with E-state index in [1.54, 1.807) is 0 Å². The van der Waals surface area contributed by atoms with Gasteiger partial charge in [-0.1, -0.05) is 6.07 Å². The van der Waals surface area contributed by atoms with Gasteiger partial charge >= 0.3 is 0 Å². The van der Waals surface area contributed by atoms with Crippen LogP contribution in [0, 0.1) is 0 Å². The average Bonchev–Trinajstić information content (AvgIpc) is 2.92. The number of hydrogen-bond acceptors (Lipinski definition) is 4. The van der Waals surface area contributed by atoms with E-state index in [0.717, 1.165) is 39.2 Å². The number of ether oxygens (including phenoxy) is 1. The van der Waals surface area contributed by atoms with Crippen LogP contribution in [0.1, 0.15) is 24.1 Å². The van der Waals surface area contributed by atoms with Gasteiger partial charge < -0.3 is 15.0 Å². The zero-order valence-corrected chi connectivity index (χ0v) is 12.8. The van der Waals surface area contributed by atoms with Gasteiger partial charge in [0.1, 0.15) is 0 Å². The molecule has 1 N–H and O–H groups in total. The second-order valence-electron chi connectivity index (χ2n) is 5.33. The van der Waals surface area contributed by atoms with Crippen molar-refractivity contribution in [3.63, 3.8) is 0 Å². The lowest BCUT2D eigenvalue weighted by atomic mass is 10.1. The zero-order chi connectivity index (χ0) is 13.3. The van der Waals surface area contributed by atoms with Crippen molar-refractivity contribution < 1.29 is 4.74 Å². The number of nitrogens with one attached hydrogen (secondary N) is 1. The van der Waals surface area contributed by atoms with E-state index in [1.165, 1.54) is 24.1 Å². The smallest absolute Gasteiger partial charge is 0.0701 e. The van der Waals surface area contributed by atoms with Crippen LogP contribution in [0.5, 0.6) is 0 Å². The molecule has 0 spiro atoms. The molecule has 2 heterocycles. The number of hydrogen-bond donors (Lipinski definition) is 1. The molecular weight excluding hydrogens is 256 g/mol. The lowest BCUT2D eigenvalue weighted by molar-refractivity contribution is -0.00121. The number of nitrogens with zero attached hydrogens (tertiary/aromatic N) is 1. The van der Waals surface area contributed by atoms with E-state index in [-0.39, 0.29) is 0 Å². The minimum absolute atomic E-state index is 0.463. The van der Waals surface area contributed by atoms with Gasteiger partial charge in [-0.15, -0.1) is 11.3 Å². The van der Waals surface area contributed by atoms with Crippen LogP contribution in [-0.2, 0) is 11.2 Å². The first-order valence-corrected chi connectivity index (χ1v) is 8.26. The molecule has 1 unspecified atom stereocenters. The zero-order valence-electron chi connectivity index (χ0n) is 11.9. The summed E-state index contributed by atoms with van der Waals surface area (Å²) >= 11 is 1.84. The highest BCUT2D eigenvalue weighted by atomic mass is 32.1. The Kier molecular flexibility index (Phi) is 6.85. The second kappa shape index (κ2) is 8.69. The fraction of sp³-hybridized carbons (Fsp3) is 0.733. The molecule has 2 rings (SSSR count). The summed E-state index contributed by atoms with van der Waals surface area (Å²) in [6.07, 6.45) is 5.41. The second-order valence-corrected chi connectivity index (χ2v) is 6.36. The minimum atomic E-state index is 0.463. The maximum absolute atomic E-state index is 5.76. The van der Waals surface area contributed by atoms with Crippen LogP contribution in [0.25, 0.3) is 0 Å². The average molecular weight is 282 g/mol. The van der Waals surface area contributed by atoms with Gasteiger partial charge in [0.25, 0.3) is 0 Å². The van der Waals surface area contributed by atoms with Crippen molar-refractivity contribution in [2.24, 2.45) is 0 Å². The highest BCUT2D eigenvalue weighted by Gasteiger charge is 2.15. The minimum Gasteiger partial charge on any atom is -0.377 e. The molecule has 1 aromatic heterocycles. The van der Waals surface area contributed by atoms with Crippen LogP contribution in [-0.4, -0.2) is 50.8 Å². The monoisotopic (exact) mass is 282 g/mol. The molecule has 3 nitrogen and oxygen atoms in total. The van der Waals surface area contributed by atoms with Crippen molar-refractivity contribution in [2.45, 2.75) is 31.8 Å². The van der Waals surface area contributed by atoms with E-state index in [2.05, 4.69) is 34.8 Å². The van der Waals surface area contributed by atoms with Gasteiger partial charge in [0.15, 0.2) is 0 Å². The molecule has 0 amide bonds. The Balaban J connectivity index is 1.48. The summed E-state index contributed by atoms with van der Waals surface area (Å²) in [6.45, 7) is 5.28. The maximum atomic E-state index is 5.76. The molecule has 1 aromatic rings. The molecule has 1 fully saturated rings. The molecule has 0 saturated carbocycles. The topological polar surface area (TPSA) is 24.5 Å². The van der Waals surface area contributed by atoms with Gasteiger partial charge in [-0.05, 0) is 44.2 Å². The highest BCUT2D eigenvalue weighted by Crippen LogP contribution is 2.13. The van der Waals surface area contributed by atoms with Crippen molar-refractivity contribution in [3.8, 4) is 0 Å². The van der Waals surface area contributed by atoms with Gasteiger partial charge in [-0.25, -0.2) is 0 Å². The van der Waals surface area contributed by atoms with Crippen LogP contribution < -0.4 is 5.32 Å². The Bertz CT molecular complexity index is 323. The highest BCUT2D eigenvalue weighted by molar-refractivity contribution is 7.09. The Morgan fingerprint density at radius 3 is 3.11 bits per heavy atom. The largest absolute Gasteiger partial charge is 0.377 e. The van der Waals surface area contributed by atoms with Gasteiger partial charge in [-0.2, -0.15) is 0 Å². The summed E-state index contributed by atoms with van der Waals surface area (Å²) in [7, 11) is 2.19. The third kappa shape index (κ3) is 6.04. The number of likely N-dealkylation sites (N-methyl/N-ethyl adjacent to an activating group) is 1. The van der Waals surface area contributed by atoms with Crippen LogP contribution in [0.15, 0.2) is 17.5 Å². The number of rotatable bonds is 8. The van der Waals surface area contributed by atoms with Gasteiger partial charge in [0.2, 0.25) is 0 Å². The Labute approximate surface area is 121 Å². The lowest BCUT2D eigenvalue weighted by Gasteiger charge is -2.27. The van der Waals surface area contributed by atoms with Gasteiger partial charge in [0.05, 0.1) is 6.10 Å². The lowest BCUT2D eigenvalue weighted by Crippen LogP contribution is -2.37. The molecule has 1 atom stereocenters. The van der Waals surface area contributed by atoms with Crippen molar-refractivity contribution in [1.82, 2.24) is 10.2 Å². The standard InChI is InChI=1S/C15H26N2OS/c1-17(13-14-5-2-3-11-18-14)10-9-16-8-7-15-6-4-12-19-15/h4,6,12,14,16H,2-3,5,7-11,13H2,1H3. The quantitative estimate of drug-likeness (QED) is 0.741. The summed E-state index contributed by atoms with van der Waals surface area (Å²) in [5, 5.41) is 5.66. The van der Waals surface area contributed by atoms with Crippen LogP contribution >= 0.6 is 11.3 Å². The molecule has 1 saturated heterocycles. The summed E-state index contributed by atoms with van der Waals surface area (Å²) < 4.78 is 5.76. The summed E-state index contributed by atoms with van der Waals surface area (Å²) in [5.41, 5.74) is 0. The normalized spacial score (nSPS) is 20.0. The molecule has 1 aliphatic rings. The molecule has 19 heavy (non-hydrogen) atoms. The first-order chi connectivity index (χ1) is 9.34. The first kappa shape index (κ1) is 15.0. The third-order valence-electron chi connectivity index (χ3n) is 3.59. The van der Waals surface area contributed by atoms with Crippen molar-refractivity contribution in [3.05, 3.63) is 22.4 Å². The van der Waals surface area contributed by atoms with Crippen LogP contribution in [0.4, 0.5) is 0 Å². The Hall–Kier alpha value is -0.420. The molecule has 0 radical (unpaired) electrons. The Morgan fingerprint density at radius 2 is 2.37 bits per heavy atom. The molecule has 4 heteroatoms. The summed E-state index contributed by atoms with van der Waals surface area (Å²) in [5.74, 6) is 0. The van der Waals surface area contributed by atoms with Crippen molar-refractivity contribution >= 4 is 11.3 Å². The van der Waals surface area contributed by atoms with Gasteiger partial charge in [0, 0.05) is 37.7 Å². The first-order valence-electron chi connectivity index (χ1n) is 7.38. The van der Waals surface area contributed by atoms with Gasteiger partial charge in [-0.3, -0.25) is 0 Å². The van der Waals surface area contributed by atoms with E-state index in [1.807, 2.05) is 11.3 Å². The summed E-state index contributed by atoms with van der Waals surface area (Å²) in [6, 6.07) is 4.33. The molecule has 108 valence electrons. The van der Waals surface area contributed by atoms with E-state index in [4.69, 9.17) is 4.74 Å². The van der Waals surface area contributed by atoms with E-state index in [0.29, 0.717) is 6.10 Å². The fourth-order valence-electron chi connectivity index (χ4n) is 2.45. The SMILES string of the molecule is CN(CCNCCc1cccs1)CC1CCCCO1. The molecular formula is C15H26N2OS. The third-order valence-corrected chi connectivity index (χ3v) is 4.52.